The van der Waals surface area contributed by atoms with E-state index in [0.717, 1.165) is 34.6 Å². The van der Waals surface area contributed by atoms with Crippen LogP contribution in [0.15, 0.2) is 24.5 Å². The average molecular weight is 276 g/mol. The van der Waals surface area contributed by atoms with Crippen LogP contribution >= 0.6 is 11.8 Å². The number of nitrogens with two attached hydrogens (primary N) is 1. The van der Waals surface area contributed by atoms with Crippen molar-refractivity contribution in [2.75, 3.05) is 22.6 Å². The molecule has 2 rings (SSSR count). The zero-order valence-electron chi connectivity index (χ0n) is 11.4. The molecule has 0 bridgehead atoms. The van der Waals surface area contributed by atoms with Crippen molar-refractivity contribution in [1.29, 1.82) is 0 Å². The van der Waals surface area contributed by atoms with Crippen LogP contribution in [0.1, 0.15) is 20.3 Å². The summed E-state index contributed by atoms with van der Waals surface area (Å²) in [6.07, 6.45) is 2.71. The first-order valence-electron chi connectivity index (χ1n) is 6.55. The summed E-state index contributed by atoms with van der Waals surface area (Å²) in [6.45, 7) is 4.36. The number of anilines is 2. The fraction of sp³-hybridized carbons (Fsp3) is 0.429. The normalized spacial score (nSPS) is 12.5. The van der Waals surface area contributed by atoms with E-state index in [-0.39, 0.29) is 0 Å². The topological polar surface area (TPSA) is 63.8 Å². The van der Waals surface area contributed by atoms with Gasteiger partial charge in [-0.2, -0.15) is 11.8 Å². The minimum absolute atomic E-state index is 0.388. The van der Waals surface area contributed by atoms with E-state index in [9.17, 15) is 0 Å². The second-order valence-corrected chi connectivity index (χ2v) is 5.92. The van der Waals surface area contributed by atoms with E-state index in [0.29, 0.717) is 6.04 Å². The van der Waals surface area contributed by atoms with Crippen LogP contribution in [0.5, 0.6) is 0 Å². The highest BCUT2D eigenvalue weighted by atomic mass is 32.2. The monoisotopic (exact) mass is 276 g/mol. The van der Waals surface area contributed by atoms with E-state index in [1.807, 2.05) is 30.0 Å². The second-order valence-electron chi connectivity index (χ2n) is 4.53. The Morgan fingerprint density at radius 1 is 1.37 bits per heavy atom. The molecule has 3 N–H and O–H groups in total. The zero-order chi connectivity index (χ0) is 13.7. The molecule has 0 aliphatic carbocycles. The molecule has 0 saturated heterocycles. The van der Waals surface area contributed by atoms with Crippen LogP contribution < -0.4 is 11.1 Å². The molecule has 0 aliphatic rings. The smallest absolute Gasteiger partial charge is 0.137 e. The number of rotatable bonds is 6. The third kappa shape index (κ3) is 3.73. The third-order valence-electron chi connectivity index (χ3n) is 2.94. The highest BCUT2D eigenvalue weighted by Crippen LogP contribution is 2.22. The van der Waals surface area contributed by atoms with Crippen molar-refractivity contribution in [3.8, 4) is 0 Å². The predicted molar refractivity (Wildman–Crippen MR) is 84.7 cm³/mol. The van der Waals surface area contributed by atoms with Gasteiger partial charge in [0.2, 0.25) is 0 Å². The molecule has 102 valence electrons. The number of thioether (sulfide) groups is 1. The van der Waals surface area contributed by atoms with Crippen molar-refractivity contribution in [2.24, 2.45) is 0 Å². The first-order valence-corrected chi connectivity index (χ1v) is 7.70. The van der Waals surface area contributed by atoms with E-state index in [1.54, 1.807) is 6.33 Å². The number of nitrogen functional groups attached to an aromatic ring is 1. The summed E-state index contributed by atoms with van der Waals surface area (Å²) in [7, 11) is 0. The lowest BCUT2D eigenvalue weighted by Crippen LogP contribution is -2.17. The molecule has 1 aromatic heterocycles. The van der Waals surface area contributed by atoms with Gasteiger partial charge in [-0.15, -0.1) is 0 Å². The molecule has 4 nitrogen and oxygen atoms in total. The number of hydrogen-bond acceptors (Lipinski definition) is 5. The average Bonchev–Trinajstić information content (AvgIpc) is 2.40. The van der Waals surface area contributed by atoms with Gasteiger partial charge in [-0.05, 0) is 43.0 Å². The third-order valence-corrected chi connectivity index (χ3v) is 3.87. The first kappa shape index (κ1) is 13.9. The van der Waals surface area contributed by atoms with Gasteiger partial charge >= 0.3 is 0 Å². The van der Waals surface area contributed by atoms with Gasteiger partial charge in [-0.1, -0.05) is 6.92 Å². The lowest BCUT2D eigenvalue weighted by Gasteiger charge is -2.15. The summed E-state index contributed by atoms with van der Waals surface area (Å²) >= 11 is 1.96. The maximum atomic E-state index is 5.84. The van der Waals surface area contributed by atoms with Crippen LogP contribution in [0.25, 0.3) is 10.9 Å². The summed E-state index contributed by atoms with van der Waals surface area (Å²) < 4.78 is 0. The Morgan fingerprint density at radius 2 is 2.21 bits per heavy atom. The van der Waals surface area contributed by atoms with Gasteiger partial charge in [0, 0.05) is 17.1 Å². The molecule has 1 aromatic carbocycles. The van der Waals surface area contributed by atoms with Gasteiger partial charge in [-0.25, -0.2) is 9.97 Å². The number of benzene rings is 1. The molecule has 0 saturated carbocycles. The van der Waals surface area contributed by atoms with Crippen molar-refractivity contribution in [2.45, 2.75) is 26.3 Å². The van der Waals surface area contributed by atoms with E-state index in [4.69, 9.17) is 5.73 Å². The Kier molecular flexibility index (Phi) is 4.85. The summed E-state index contributed by atoms with van der Waals surface area (Å²) in [5.74, 6) is 3.20. The van der Waals surface area contributed by atoms with Gasteiger partial charge in [0.15, 0.2) is 0 Å². The maximum absolute atomic E-state index is 5.84. The molecular formula is C14H20N4S. The largest absolute Gasteiger partial charge is 0.399 e. The molecule has 1 unspecified atom stereocenters. The molecule has 5 heteroatoms. The van der Waals surface area contributed by atoms with Crippen molar-refractivity contribution in [3.63, 3.8) is 0 Å². The lowest BCUT2D eigenvalue weighted by molar-refractivity contribution is 0.767. The molecule has 19 heavy (non-hydrogen) atoms. The van der Waals surface area contributed by atoms with E-state index < -0.39 is 0 Å². The highest BCUT2D eigenvalue weighted by molar-refractivity contribution is 7.99. The van der Waals surface area contributed by atoms with Crippen molar-refractivity contribution in [1.82, 2.24) is 9.97 Å². The Labute approximate surface area is 118 Å². The van der Waals surface area contributed by atoms with Crippen LogP contribution in [0.2, 0.25) is 0 Å². The SMILES string of the molecule is CCSCCC(C)Nc1ncnc2ccc(N)cc12. The van der Waals surface area contributed by atoms with Crippen LogP contribution in [0.4, 0.5) is 11.5 Å². The molecule has 0 radical (unpaired) electrons. The number of nitrogens with one attached hydrogen (secondary N) is 1. The van der Waals surface area contributed by atoms with Crippen LogP contribution in [-0.4, -0.2) is 27.5 Å². The molecule has 1 atom stereocenters. The van der Waals surface area contributed by atoms with Crippen LogP contribution in [0.3, 0.4) is 0 Å². The second kappa shape index (κ2) is 6.61. The van der Waals surface area contributed by atoms with Gasteiger partial charge in [0.1, 0.15) is 12.1 Å². The van der Waals surface area contributed by atoms with Gasteiger partial charge in [-0.3, -0.25) is 0 Å². The van der Waals surface area contributed by atoms with Crippen LogP contribution in [-0.2, 0) is 0 Å². The molecular weight excluding hydrogens is 256 g/mol. The molecule has 0 aliphatic heterocycles. The Morgan fingerprint density at radius 3 is 3.00 bits per heavy atom. The minimum Gasteiger partial charge on any atom is -0.399 e. The Bertz CT molecular complexity index is 544. The maximum Gasteiger partial charge on any atom is 0.137 e. The number of hydrogen-bond donors (Lipinski definition) is 2. The van der Waals surface area contributed by atoms with Gasteiger partial charge < -0.3 is 11.1 Å². The molecule has 0 amide bonds. The molecule has 0 fully saturated rings. The standard InChI is InChI=1S/C14H20N4S/c1-3-19-7-6-10(2)18-14-12-8-11(15)4-5-13(12)16-9-17-14/h4-5,8-10H,3,6-7,15H2,1-2H3,(H,16,17,18). The fourth-order valence-corrected chi connectivity index (χ4v) is 2.71. The fourth-order valence-electron chi connectivity index (χ4n) is 1.90. The van der Waals surface area contributed by atoms with Gasteiger partial charge in [0.25, 0.3) is 0 Å². The quantitative estimate of drug-likeness (QED) is 0.627. The number of aromatic nitrogens is 2. The molecule has 0 spiro atoms. The summed E-state index contributed by atoms with van der Waals surface area (Å²) in [5.41, 5.74) is 7.49. The number of nitrogens with zero attached hydrogens (tertiary/aromatic N) is 2. The zero-order valence-corrected chi connectivity index (χ0v) is 12.2. The predicted octanol–water partition coefficient (Wildman–Crippen LogP) is 3.16. The molecule has 2 aromatic rings. The Hall–Kier alpha value is -1.49. The van der Waals surface area contributed by atoms with Crippen molar-refractivity contribution < 1.29 is 0 Å². The molecule has 1 heterocycles. The van der Waals surface area contributed by atoms with E-state index in [1.165, 1.54) is 5.75 Å². The summed E-state index contributed by atoms with van der Waals surface area (Å²) in [6, 6.07) is 6.10. The minimum atomic E-state index is 0.388. The van der Waals surface area contributed by atoms with Crippen molar-refractivity contribution >= 4 is 34.2 Å². The van der Waals surface area contributed by atoms with Gasteiger partial charge in [0.05, 0.1) is 5.52 Å². The summed E-state index contributed by atoms with van der Waals surface area (Å²) in [4.78, 5) is 8.59. The Balaban J connectivity index is 2.13. The van der Waals surface area contributed by atoms with Crippen LogP contribution in [0, 0.1) is 0 Å². The summed E-state index contributed by atoms with van der Waals surface area (Å²) in [5, 5.41) is 4.43. The number of fused-ring (bicyclic) bond motifs is 1. The first-order chi connectivity index (χ1) is 9.20. The highest BCUT2D eigenvalue weighted by Gasteiger charge is 2.07. The van der Waals surface area contributed by atoms with E-state index in [2.05, 4.69) is 29.1 Å². The van der Waals surface area contributed by atoms with Crippen molar-refractivity contribution in [3.05, 3.63) is 24.5 Å². The lowest BCUT2D eigenvalue weighted by atomic mass is 10.2. The van der Waals surface area contributed by atoms with E-state index >= 15 is 0 Å².